The van der Waals surface area contributed by atoms with Gasteiger partial charge in [-0.05, 0) is 38.7 Å². The van der Waals surface area contributed by atoms with Crippen molar-refractivity contribution in [2.45, 2.75) is 52.6 Å². The summed E-state index contributed by atoms with van der Waals surface area (Å²) in [5, 5.41) is 11.3. The van der Waals surface area contributed by atoms with Crippen LogP contribution in [0.4, 0.5) is 0 Å². The highest BCUT2D eigenvalue weighted by Crippen LogP contribution is 2.46. The lowest BCUT2D eigenvalue weighted by molar-refractivity contribution is -0.0644. The number of benzene rings is 1. The molecule has 1 heteroatoms. The molecule has 0 fully saturated rings. The van der Waals surface area contributed by atoms with Gasteiger partial charge in [-0.1, -0.05) is 61.9 Å². The van der Waals surface area contributed by atoms with Crippen LogP contribution in [0.2, 0.25) is 0 Å². The molecule has 0 radical (unpaired) electrons. The molecule has 1 N–H and O–H groups in total. The van der Waals surface area contributed by atoms with Gasteiger partial charge in [0.05, 0.1) is 5.60 Å². The Kier molecular flexibility index (Phi) is 5.76. The summed E-state index contributed by atoms with van der Waals surface area (Å²) in [6, 6.07) is 9.96. The Morgan fingerprint density at radius 3 is 2.30 bits per heavy atom. The zero-order chi connectivity index (χ0) is 15.2. The monoisotopic (exact) mass is 272 g/mol. The maximum Gasteiger partial charge on any atom is 0.0981 e. The van der Waals surface area contributed by atoms with Crippen LogP contribution in [0.15, 0.2) is 54.6 Å². The summed E-state index contributed by atoms with van der Waals surface area (Å²) >= 11 is 0. The van der Waals surface area contributed by atoms with Gasteiger partial charge in [-0.15, -0.1) is 6.58 Å². The summed E-state index contributed by atoms with van der Waals surface area (Å²) in [4.78, 5) is 0. The van der Waals surface area contributed by atoms with E-state index in [0.717, 1.165) is 18.4 Å². The van der Waals surface area contributed by atoms with E-state index < -0.39 is 5.60 Å². The van der Waals surface area contributed by atoms with Gasteiger partial charge in [0.1, 0.15) is 0 Å². The van der Waals surface area contributed by atoms with Gasteiger partial charge in [0, 0.05) is 5.41 Å². The van der Waals surface area contributed by atoms with Crippen LogP contribution in [0.3, 0.4) is 0 Å². The number of aliphatic hydroxyl groups is 1. The summed E-state index contributed by atoms with van der Waals surface area (Å²) in [5.74, 6) is 0. The summed E-state index contributed by atoms with van der Waals surface area (Å²) in [7, 11) is 0. The summed E-state index contributed by atoms with van der Waals surface area (Å²) in [5.41, 5.74) is 1.08. The van der Waals surface area contributed by atoms with Gasteiger partial charge in [0.15, 0.2) is 0 Å². The van der Waals surface area contributed by atoms with E-state index in [4.69, 9.17) is 0 Å². The second-order valence-corrected chi connectivity index (χ2v) is 6.02. The first-order chi connectivity index (χ1) is 9.39. The Hall–Kier alpha value is -1.34. The second kappa shape index (κ2) is 6.90. The van der Waals surface area contributed by atoms with Crippen molar-refractivity contribution in [3.63, 3.8) is 0 Å². The van der Waals surface area contributed by atoms with Crippen molar-refractivity contribution in [2.75, 3.05) is 0 Å². The SMILES string of the molecule is C=C[C@](C)(CCC=C(C)C)[C@@](O)(CC)c1ccccc1. The van der Waals surface area contributed by atoms with Crippen LogP contribution in [0, 0.1) is 5.41 Å². The molecule has 110 valence electrons. The number of allylic oxidation sites excluding steroid dienone is 2. The lowest BCUT2D eigenvalue weighted by atomic mass is 9.66. The topological polar surface area (TPSA) is 20.2 Å². The first-order valence-corrected chi connectivity index (χ1v) is 7.44. The van der Waals surface area contributed by atoms with Gasteiger partial charge in [-0.3, -0.25) is 0 Å². The molecule has 1 nitrogen and oxygen atoms in total. The zero-order valence-electron chi connectivity index (χ0n) is 13.3. The normalized spacial score (nSPS) is 16.9. The molecule has 20 heavy (non-hydrogen) atoms. The van der Waals surface area contributed by atoms with Crippen LogP contribution in [0.5, 0.6) is 0 Å². The Morgan fingerprint density at radius 1 is 1.25 bits per heavy atom. The fourth-order valence-corrected chi connectivity index (χ4v) is 2.79. The minimum Gasteiger partial charge on any atom is -0.384 e. The molecule has 1 aromatic carbocycles. The average molecular weight is 272 g/mol. The lowest BCUT2D eigenvalue weighted by Crippen LogP contribution is -2.42. The molecule has 0 bridgehead atoms. The highest BCUT2D eigenvalue weighted by molar-refractivity contribution is 5.27. The lowest BCUT2D eigenvalue weighted by Gasteiger charge is -2.43. The van der Waals surface area contributed by atoms with Crippen LogP contribution < -0.4 is 0 Å². The molecule has 0 unspecified atom stereocenters. The molecule has 0 saturated heterocycles. The largest absolute Gasteiger partial charge is 0.384 e. The van der Waals surface area contributed by atoms with Gasteiger partial charge in [-0.25, -0.2) is 0 Å². The van der Waals surface area contributed by atoms with E-state index in [9.17, 15) is 5.11 Å². The molecule has 0 aromatic heterocycles. The number of rotatable bonds is 7. The highest BCUT2D eigenvalue weighted by Gasteiger charge is 2.44. The maximum absolute atomic E-state index is 11.3. The Morgan fingerprint density at radius 2 is 1.85 bits per heavy atom. The first kappa shape index (κ1) is 16.7. The van der Waals surface area contributed by atoms with E-state index in [-0.39, 0.29) is 5.41 Å². The third-order valence-electron chi connectivity index (χ3n) is 4.37. The van der Waals surface area contributed by atoms with Crippen LogP contribution in [0.1, 0.15) is 52.5 Å². The third-order valence-corrected chi connectivity index (χ3v) is 4.37. The van der Waals surface area contributed by atoms with Gasteiger partial charge in [0.25, 0.3) is 0 Å². The minimum atomic E-state index is -0.870. The summed E-state index contributed by atoms with van der Waals surface area (Å²) < 4.78 is 0. The van der Waals surface area contributed by atoms with Crippen LogP contribution in [-0.4, -0.2) is 5.11 Å². The highest BCUT2D eigenvalue weighted by atomic mass is 16.3. The van der Waals surface area contributed by atoms with Gasteiger partial charge in [-0.2, -0.15) is 0 Å². The predicted octanol–water partition coefficient (Wildman–Crippen LogP) is 5.22. The molecule has 0 amide bonds. The Balaban J connectivity index is 3.10. The van der Waals surface area contributed by atoms with E-state index >= 15 is 0 Å². The average Bonchev–Trinajstić information content (AvgIpc) is 2.46. The van der Waals surface area contributed by atoms with Crippen LogP contribution in [-0.2, 0) is 5.60 Å². The number of hydrogen-bond acceptors (Lipinski definition) is 1. The van der Waals surface area contributed by atoms with Crippen molar-refractivity contribution >= 4 is 0 Å². The van der Waals surface area contributed by atoms with Crippen molar-refractivity contribution in [3.8, 4) is 0 Å². The fourth-order valence-electron chi connectivity index (χ4n) is 2.79. The Bertz CT molecular complexity index is 456. The molecule has 2 atom stereocenters. The van der Waals surface area contributed by atoms with E-state index in [2.05, 4.69) is 33.4 Å². The smallest absolute Gasteiger partial charge is 0.0981 e. The van der Waals surface area contributed by atoms with Gasteiger partial charge < -0.3 is 5.11 Å². The van der Waals surface area contributed by atoms with Crippen LogP contribution in [0.25, 0.3) is 0 Å². The van der Waals surface area contributed by atoms with Crippen molar-refractivity contribution in [2.24, 2.45) is 5.41 Å². The molecule has 0 saturated carbocycles. The molecule has 0 aliphatic rings. The van der Waals surface area contributed by atoms with Crippen molar-refractivity contribution in [3.05, 3.63) is 60.2 Å². The van der Waals surface area contributed by atoms with E-state index in [1.165, 1.54) is 5.57 Å². The standard InChI is InChI=1S/C19H28O/c1-6-18(5,15-11-12-16(3)4)19(20,7-2)17-13-9-8-10-14-17/h6,8-10,12-14,20H,1,7,11,15H2,2-5H3/t18-,19-/m1/s1. The van der Waals surface area contributed by atoms with E-state index in [1.54, 1.807) is 0 Å². The Labute approximate surface area is 124 Å². The van der Waals surface area contributed by atoms with E-state index in [1.807, 2.05) is 43.3 Å². The molecule has 1 rings (SSSR count). The molecular weight excluding hydrogens is 244 g/mol. The van der Waals surface area contributed by atoms with Gasteiger partial charge >= 0.3 is 0 Å². The molecule has 0 aliphatic heterocycles. The fraction of sp³-hybridized carbons (Fsp3) is 0.474. The second-order valence-electron chi connectivity index (χ2n) is 6.02. The van der Waals surface area contributed by atoms with Crippen molar-refractivity contribution in [1.29, 1.82) is 0 Å². The zero-order valence-corrected chi connectivity index (χ0v) is 13.3. The van der Waals surface area contributed by atoms with E-state index in [0.29, 0.717) is 6.42 Å². The molecule has 0 aliphatic carbocycles. The predicted molar refractivity (Wildman–Crippen MR) is 87.6 cm³/mol. The molecule has 0 heterocycles. The summed E-state index contributed by atoms with van der Waals surface area (Å²) in [6.07, 6.45) is 6.67. The van der Waals surface area contributed by atoms with Crippen LogP contribution >= 0.6 is 0 Å². The maximum atomic E-state index is 11.3. The number of hydrogen-bond donors (Lipinski definition) is 1. The molecule has 0 spiro atoms. The quantitative estimate of drug-likeness (QED) is 0.674. The minimum absolute atomic E-state index is 0.338. The molecular formula is C19H28O. The van der Waals surface area contributed by atoms with Crippen molar-refractivity contribution < 1.29 is 5.11 Å². The van der Waals surface area contributed by atoms with Gasteiger partial charge in [0.2, 0.25) is 0 Å². The third kappa shape index (κ3) is 3.40. The summed E-state index contributed by atoms with van der Waals surface area (Å²) in [6.45, 7) is 12.3. The first-order valence-electron chi connectivity index (χ1n) is 7.44. The van der Waals surface area contributed by atoms with Crippen molar-refractivity contribution in [1.82, 2.24) is 0 Å². The molecule has 1 aromatic rings.